The second-order valence-corrected chi connectivity index (χ2v) is 6.09. The van der Waals surface area contributed by atoms with Gasteiger partial charge in [-0.15, -0.1) is 5.10 Å². The quantitative estimate of drug-likeness (QED) is 0.889. The summed E-state index contributed by atoms with van der Waals surface area (Å²) in [7, 11) is 0. The molecule has 0 aliphatic carbocycles. The Balaban J connectivity index is 1.90. The molecule has 0 aromatic carbocycles. The Bertz CT molecular complexity index is 527. The van der Waals surface area contributed by atoms with Crippen LogP contribution < -0.4 is 0 Å². The van der Waals surface area contributed by atoms with Gasteiger partial charge in [0, 0.05) is 13.1 Å². The predicted molar refractivity (Wildman–Crippen MR) is 73.1 cm³/mol. The number of carbonyl (C=O) groups is 2. The third-order valence-electron chi connectivity index (χ3n) is 3.22. The summed E-state index contributed by atoms with van der Waals surface area (Å²) in [5.41, 5.74) is -0.569. The Morgan fingerprint density at radius 2 is 1.95 bits per heavy atom. The Labute approximate surface area is 122 Å². The highest BCUT2D eigenvalue weighted by Gasteiger charge is 2.28. The zero-order valence-corrected chi connectivity index (χ0v) is 12.4. The van der Waals surface area contributed by atoms with E-state index in [1.54, 1.807) is 9.58 Å². The molecule has 2 heterocycles. The summed E-state index contributed by atoms with van der Waals surface area (Å²) in [6.45, 7) is 6.62. The summed E-state index contributed by atoms with van der Waals surface area (Å²) in [5.74, 6) is -1.09. The van der Waals surface area contributed by atoms with Gasteiger partial charge in [0.15, 0.2) is 5.69 Å². The summed E-state index contributed by atoms with van der Waals surface area (Å²) in [5, 5.41) is 16.3. The first-order valence-corrected chi connectivity index (χ1v) is 6.89. The molecule has 1 aromatic heterocycles. The van der Waals surface area contributed by atoms with Crippen molar-refractivity contribution in [2.75, 3.05) is 13.1 Å². The number of hydrogen-bond acceptors (Lipinski definition) is 5. The van der Waals surface area contributed by atoms with Gasteiger partial charge in [-0.1, -0.05) is 5.21 Å². The van der Waals surface area contributed by atoms with Crippen molar-refractivity contribution in [3.63, 3.8) is 0 Å². The molecular weight excluding hydrogens is 276 g/mol. The monoisotopic (exact) mass is 296 g/mol. The van der Waals surface area contributed by atoms with Gasteiger partial charge in [0.2, 0.25) is 0 Å². The first-order chi connectivity index (χ1) is 9.76. The van der Waals surface area contributed by atoms with Crippen LogP contribution in [0.2, 0.25) is 0 Å². The maximum absolute atomic E-state index is 11.9. The van der Waals surface area contributed by atoms with Gasteiger partial charge in [-0.3, -0.25) is 0 Å². The van der Waals surface area contributed by atoms with E-state index in [1.165, 1.54) is 6.20 Å². The zero-order valence-electron chi connectivity index (χ0n) is 12.4. The number of aromatic carboxylic acids is 1. The predicted octanol–water partition coefficient (Wildman–Crippen LogP) is 1.55. The maximum atomic E-state index is 11.9. The van der Waals surface area contributed by atoms with Crippen molar-refractivity contribution in [1.82, 2.24) is 19.9 Å². The van der Waals surface area contributed by atoms with Gasteiger partial charge >= 0.3 is 12.1 Å². The fraction of sp³-hybridized carbons (Fsp3) is 0.692. The Hall–Kier alpha value is -2.12. The summed E-state index contributed by atoms with van der Waals surface area (Å²) >= 11 is 0. The smallest absolute Gasteiger partial charge is 0.410 e. The molecule has 8 heteroatoms. The summed E-state index contributed by atoms with van der Waals surface area (Å²) in [6, 6.07) is 0.0595. The van der Waals surface area contributed by atoms with E-state index in [2.05, 4.69) is 10.3 Å². The first-order valence-electron chi connectivity index (χ1n) is 6.89. The molecule has 1 amide bonds. The molecule has 1 aliphatic rings. The van der Waals surface area contributed by atoms with Crippen molar-refractivity contribution >= 4 is 12.1 Å². The van der Waals surface area contributed by atoms with Gasteiger partial charge in [-0.05, 0) is 33.6 Å². The molecule has 0 bridgehead atoms. The lowest BCUT2D eigenvalue weighted by Crippen LogP contribution is -2.42. The second kappa shape index (κ2) is 5.71. The van der Waals surface area contributed by atoms with Crippen LogP contribution in [-0.2, 0) is 4.74 Å². The lowest BCUT2D eigenvalue weighted by Gasteiger charge is -2.33. The van der Waals surface area contributed by atoms with Crippen LogP contribution in [-0.4, -0.2) is 55.8 Å². The minimum atomic E-state index is -1.09. The van der Waals surface area contributed by atoms with E-state index < -0.39 is 11.6 Å². The zero-order chi connectivity index (χ0) is 15.6. The number of carbonyl (C=O) groups excluding carboxylic acids is 1. The second-order valence-electron chi connectivity index (χ2n) is 6.09. The number of amides is 1. The Morgan fingerprint density at radius 1 is 1.33 bits per heavy atom. The average Bonchev–Trinajstić information content (AvgIpc) is 2.86. The maximum Gasteiger partial charge on any atom is 0.410 e. The normalized spacial score (nSPS) is 16.8. The molecule has 116 valence electrons. The summed E-state index contributed by atoms with van der Waals surface area (Å²) in [6.07, 6.45) is 2.50. The van der Waals surface area contributed by atoms with Crippen molar-refractivity contribution in [2.24, 2.45) is 0 Å². The number of likely N-dealkylation sites (tertiary alicyclic amines) is 1. The number of nitrogens with zero attached hydrogens (tertiary/aromatic N) is 4. The van der Waals surface area contributed by atoms with Crippen LogP contribution in [0.3, 0.4) is 0 Å². The number of carboxylic acid groups (broad SMARTS) is 1. The lowest BCUT2D eigenvalue weighted by molar-refractivity contribution is 0.0184. The highest BCUT2D eigenvalue weighted by atomic mass is 16.6. The van der Waals surface area contributed by atoms with E-state index in [1.807, 2.05) is 20.8 Å². The number of aromatic nitrogens is 3. The van der Waals surface area contributed by atoms with Crippen molar-refractivity contribution < 1.29 is 19.4 Å². The molecule has 0 unspecified atom stereocenters. The average molecular weight is 296 g/mol. The van der Waals surface area contributed by atoms with E-state index in [9.17, 15) is 9.59 Å². The molecule has 0 radical (unpaired) electrons. The number of ether oxygens (including phenoxy) is 1. The Morgan fingerprint density at radius 3 is 2.43 bits per heavy atom. The van der Waals surface area contributed by atoms with E-state index >= 15 is 0 Å². The largest absolute Gasteiger partial charge is 0.476 e. The van der Waals surface area contributed by atoms with Crippen LogP contribution in [0, 0.1) is 0 Å². The van der Waals surface area contributed by atoms with Crippen molar-refractivity contribution in [1.29, 1.82) is 0 Å². The van der Waals surface area contributed by atoms with Crippen LogP contribution in [0.5, 0.6) is 0 Å². The number of carboxylic acids is 1. The standard InChI is InChI=1S/C13H20N4O4/c1-13(2,3)21-12(20)16-6-4-9(5-7-16)17-8-10(11(18)19)14-15-17/h8-9H,4-7H2,1-3H3,(H,18,19). The van der Waals surface area contributed by atoms with Crippen molar-refractivity contribution in [3.8, 4) is 0 Å². The molecular formula is C13H20N4O4. The molecule has 0 saturated carbocycles. The van der Waals surface area contributed by atoms with Gasteiger partial charge in [0.25, 0.3) is 0 Å². The van der Waals surface area contributed by atoms with Crippen molar-refractivity contribution in [3.05, 3.63) is 11.9 Å². The molecule has 2 rings (SSSR count). The highest BCUT2D eigenvalue weighted by molar-refractivity contribution is 5.84. The van der Waals surface area contributed by atoms with E-state index in [0.29, 0.717) is 25.9 Å². The summed E-state index contributed by atoms with van der Waals surface area (Å²) < 4.78 is 6.89. The molecule has 1 fully saturated rings. The van der Waals surface area contributed by atoms with Crippen LogP contribution in [0.25, 0.3) is 0 Å². The van der Waals surface area contributed by atoms with Crippen LogP contribution in [0.4, 0.5) is 4.79 Å². The Kier molecular flexibility index (Phi) is 4.15. The molecule has 0 spiro atoms. The van der Waals surface area contributed by atoms with Gasteiger partial charge in [-0.2, -0.15) is 0 Å². The number of piperidine rings is 1. The van der Waals surface area contributed by atoms with Crippen LogP contribution >= 0.6 is 0 Å². The number of hydrogen-bond donors (Lipinski definition) is 1. The molecule has 1 saturated heterocycles. The third kappa shape index (κ3) is 3.93. The SMILES string of the molecule is CC(C)(C)OC(=O)N1CCC(n2cc(C(=O)O)nn2)CC1. The van der Waals surface area contributed by atoms with Gasteiger partial charge in [0.1, 0.15) is 5.60 Å². The molecule has 8 nitrogen and oxygen atoms in total. The topological polar surface area (TPSA) is 97.5 Å². The molecule has 0 atom stereocenters. The van der Waals surface area contributed by atoms with Gasteiger partial charge < -0.3 is 14.7 Å². The lowest BCUT2D eigenvalue weighted by atomic mass is 10.1. The molecule has 1 N–H and O–H groups in total. The van der Waals surface area contributed by atoms with Gasteiger partial charge in [0.05, 0.1) is 12.2 Å². The third-order valence-corrected chi connectivity index (χ3v) is 3.22. The van der Waals surface area contributed by atoms with E-state index in [-0.39, 0.29) is 17.8 Å². The molecule has 1 aliphatic heterocycles. The van der Waals surface area contributed by atoms with E-state index in [4.69, 9.17) is 9.84 Å². The fourth-order valence-electron chi connectivity index (χ4n) is 2.19. The van der Waals surface area contributed by atoms with E-state index in [0.717, 1.165) is 0 Å². The minimum Gasteiger partial charge on any atom is -0.476 e. The molecule has 21 heavy (non-hydrogen) atoms. The van der Waals surface area contributed by atoms with Crippen LogP contribution in [0.15, 0.2) is 6.20 Å². The molecule has 1 aromatic rings. The summed E-state index contributed by atoms with van der Waals surface area (Å²) in [4.78, 5) is 24.4. The number of rotatable bonds is 2. The van der Waals surface area contributed by atoms with Gasteiger partial charge in [-0.25, -0.2) is 14.3 Å². The van der Waals surface area contributed by atoms with Crippen LogP contribution in [0.1, 0.15) is 50.1 Å². The fourth-order valence-corrected chi connectivity index (χ4v) is 2.19. The van der Waals surface area contributed by atoms with Crippen molar-refractivity contribution in [2.45, 2.75) is 45.3 Å². The first kappa shape index (κ1) is 15.3. The highest BCUT2D eigenvalue weighted by Crippen LogP contribution is 2.23. The minimum absolute atomic E-state index is 0.0595.